The molecule has 0 saturated heterocycles. The molecule has 17 heavy (non-hydrogen) atoms. The molecule has 0 radical (unpaired) electrons. The van der Waals surface area contributed by atoms with E-state index in [0.29, 0.717) is 0 Å². The van der Waals surface area contributed by atoms with Gasteiger partial charge in [0.1, 0.15) is 0 Å². The molecular formula is C12H12S5. The van der Waals surface area contributed by atoms with Gasteiger partial charge in [0.05, 0.1) is 4.08 Å². The van der Waals surface area contributed by atoms with Crippen molar-refractivity contribution in [1.29, 1.82) is 0 Å². The van der Waals surface area contributed by atoms with Crippen LogP contribution < -0.4 is 0 Å². The molecule has 0 spiro atoms. The summed E-state index contributed by atoms with van der Waals surface area (Å²) in [4.78, 5) is 2.87. The molecule has 0 N–H and O–H groups in total. The Morgan fingerprint density at radius 3 is 2.53 bits per heavy atom. The lowest BCUT2D eigenvalue weighted by Crippen LogP contribution is -2.26. The van der Waals surface area contributed by atoms with Gasteiger partial charge in [-0.3, -0.25) is 0 Å². The van der Waals surface area contributed by atoms with Crippen molar-refractivity contribution in [1.82, 2.24) is 0 Å². The zero-order chi connectivity index (χ0) is 12.5. The highest BCUT2D eigenvalue weighted by Gasteiger charge is 2.31. The predicted octanol–water partition coefficient (Wildman–Crippen LogP) is 4.41. The maximum atomic E-state index is 4.72. The molecule has 90 valence electrons. The van der Waals surface area contributed by atoms with Crippen LogP contribution in [-0.2, 0) is 0 Å². The van der Waals surface area contributed by atoms with Gasteiger partial charge in [0.15, 0.2) is 0 Å². The van der Waals surface area contributed by atoms with Crippen LogP contribution in [0.2, 0.25) is 0 Å². The lowest BCUT2D eigenvalue weighted by atomic mass is 10.2. The average molecular weight is 317 g/mol. The van der Waals surface area contributed by atoms with E-state index in [1.165, 1.54) is 0 Å². The van der Waals surface area contributed by atoms with Crippen LogP contribution in [0.4, 0.5) is 0 Å². The van der Waals surface area contributed by atoms with Crippen LogP contribution in [0.25, 0.3) is 0 Å². The van der Waals surface area contributed by atoms with Crippen LogP contribution in [0, 0.1) is 0 Å². The van der Waals surface area contributed by atoms with Gasteiger partial charge in [-0.25, -0.2) is 0 Å². The van der Waals surface area contributed by atoms with Crippen LogP contribution in [0.1, 0.15) is 0 Å². The van der Waals surface area contributed by atoms with Gasteiger partial charge in [0.25, 0.3) is 0 Å². The Morgan fingerprint density at radius 1 is 1.12 bits per heavy atom. The second-order valence-corrected chi connectivity index (χ2v) is 7.61. The summed E-state index contributed by atoms with van der Waals surface area (Å²) in [5, 5.41) is 0.0832. The number of thiol groups is 4. The van der Waals surface area contributed by atoms with Crippen molar-refractivity contribution < 1.29 is 0 Å². The normalized spacial score (nSPS) is 27.4. The van der Waals surface area contributed by atoms with E-state index in [2.05, 4.69) is 44.0 Å². The largest absolute Gasteiger partial charge is 0.169 e. The Kier molecular flexibility index (Phi) is 4.58. The van der Waals surface area contributed by atoms with Gasteiger partial charge >= 0.3 is 0 Å². The van der Waals surface area contributed by atoms with Crippen molar-refractivity contribution in [2.75, 3.05) is 0 Å². The van der Waals surface area contributed by atoms with E-state index in [-0.39, 0.29) is 9.33 Å². The molecule has 0 aromatic heterocycles. The molecule has 0 bridgehead atoms. The number of thioether (sulfide) groups is 1. The fraction of sp³-hybridized carbons (Fsp3) is 0.167. The summed E-state index contributed by atoms with van der Waals surface area (Å²) in [5.74, 6) is 0. The van der Waals surface area contributed by atoms with E-state index in [0.717, 1.165) is 14.7 Å². The summed E-state index contributed by atoms with van der Waals surface area (Å²) < 4.78 is -0.323. The maximum absolute atomic E-state index is 4.72. The third kappa shape index (κ3) is 3.26. The van der Waals surface area contributed by atoms with E-state index < -0.39 is 0 Å². The highest BCUT2D eigenvalue weighted by molar-refractivity contribution is 8.12. The second kappa shape index (κ2) is 5.61. The Balaban J connectivity index is 2.23. The van der Waals surface area contributed by atoms with Crippen molar-refractivity contribution in [2.24, 2.45) is 0 Å². The first-order chi connectivity index (χ1) is 8.01. The minimum absolute atomic E-state index is 0.0832. The maximum Gasteiger partial charge on any atom is 0.0963 e. The molecule has 1 aliphatic rings. The van der Waals surface area contributed by atoms with Crippen molar-refractivity contribution in [3.05, 3.63) is 42.5 Å². The van der Waals surface area contributed by atoms with Crippen molar-refractivity contribution >= 4 is 62.3 Å². The molecule has 0 aliphatic heterocycles. The number of benzene rings is 1. The van der Waals surface area contributed by atoms with Gasteiger partial charge in [-0.1, -0.05) is 24.3 Å². The standard InChI is InChI=1S/C12H12S5/c13-9-5-4-8(7-10(9)14)17-12(16)6-2-1-3-11(12)15/h1-7,11,13-16H. The Morgan fingerprint density at radius 2 is 1.88 bits per heavy atom. The van der Waals surface area contributed by atoms with E-state index in [1.807, 2.05) is 36.4 Å². The monoisotopic (exact) mass is 316 g/mol. The van der Waals surface area contributed by atoms with Gasteiger partial charge in [-0.2, -0.15) is 25.3 Å². The summed E-state index contributed by atoms with van der Waals surface area (Å²) in [6, 6.07) is 5.97. The molecule has 0 saturated carbocycles. The summed E-state index contributed by atoms with van der Waals surface area (Å²) in [6.45, 7) is 0. The van der Waals surface area contributed by atoms with Crippen molar-refractivity contribution in [3.63, 3.8) is 0 Å². The summed E-state index contributed by atoms with van der Waals surface area (Å²) in [6.07, 6.45) is 8.10. The minimum Gasteiger partial charge on any atom is -0.169 e. The van der Waals surface area contributed by atoms with Gasteiger partial charge < -0.3 is 0 Å². The van der Waals surface area contributed by atoms with Crippen LogP contribution in [0.5, 0.6) is 0 Å². The van der Waals surface area contributed by atoms with E-state index in [9.17, 15) is 0 Å². The number of allylic oxidation sites excluding steroid dienone is 2. The molecule has 2 atom stereocenters. The SMILES string of the molecule is Sc1ccc(SC2(S)C=CC=CC2S)cc1S. The third-order valence-corrected chi connectivity index (χ3v) is 6.19. The lowest BCUT2D eigenvalue weighted by Gasteiger charge is -2.30. The zero-order valence-electron chi connectivity index (χ0n) is 8.82. The highest BCUT2D eigenvalue weighted by Crippen LogP contribution is 2.44. The van der Waals surface area contributed by atoms with E-state index >= 15 is 0 Å². The van der Waals surface area contributed by atoms with Crippen LogP contribution >= 0.6 is 62.3 Å². The quantitative estimate of drug-likeness (QED) is 0.463. The van der Waals surface area contributed by atoms with Crippen LogP contribution in [-0.4, -0.2) is 9.33 Å². The molecule has 5 heteroatoms. The molecule has 2 unspecified atom stereocenters. The van der Waals surface area contributed by atoms with Gasteiger partial charge in [0.2, 0.25) is 0 Å². The smallest absolute Gasteiger partial charge is 0.0963 e. The molecule has 0 fully saturated rings. The topological polar surface area (TPSA) is 0 Å². The molecule has 0 heterocycles. The zero-order valence-corrected chi connectivity index (χ0v) is 13.2. The van der Waals surface area contributed by atoms with E-state index in [1.54, 1.807) is 11.8 Å². The second-order valence-electron chi connectivity index (χ2n) is 3.69. The summed E-state index contributed by atoms with van der Waals surface area (Å²) in [7, 11) is 0. The third-order valence-electron chi connectivity index (χ3n) is 2.39. The molecule has 1 aliphatic carbocycles. The van der Waals surface area contributed by atoms with E-state index in [4.69, 9.17) is 12.6 Å². The molecule has 1 aromatic carbocycles. The fourth-order valence-electron chi connectivity index (χ4n) is 1.45. The summed E-state index contributed by atoms with van der Waals surface area (Å²) in [5.41, 5.74) is 0. The Bertz CT molecular complexity index is 480. The van der Waals surface area contributed by atoms with Crippen LogP contribution in [0.3, 0.4) is 0 Å². The summed E-state index contributed by atoms with van der Waals surface area (Å²) >= 11 is 19.6. The molecule has 1 aromatic rings. The van der Waals surface area contributed by atoms with Crippen LogP contribution in [0.15, 0.2) is 57.2 Å². The Hall–Kier alpha value is 0.450. The molecule has 0 nitrogen and oxygen atoms in total. The Labute approximate surface area is 128 Å². The molecule has 2 rings (SSSR count). The first-order valence-electron chi connectivity index (χ1n) is 4.99. The van der Waals surface area contributed by atoms with Crippen molar-refractivity contribution in [3.8, 4) is 0 Å². The fourth-order valence-corrected chi connectivity index (χ4v) is 3.76. The molecule has 0 amide bonds. The first kappa shape index (κ1) is 13.9. The number of rotatable bonds is 2. The first-order valence-corrected chi connectivity index (χ1v) is 7.66. The minimum atomic E-state index is -0.323. The van der Waals surface area contributed by atoms with Gasteiger partial charge in [0, 0.05) is 19.9 Å². The highest BCUT2D eigenvalue weighted by atomic mass is 32.2. The average Bonchev–Trinajstić information content (AvgIpc) is 2.28. The lowest BCUT2D eigenvalue weighted by molar-refractivity contribution is 1.02. The van der Waals surface area contributed by atoms with Crippen molar-refractivity contribution in [2.45, 2.75) is 24.0 Å². The molecular weight excluding hydrogens is 304 g/mol. The number of hydrogen-bond acceptors (Lipinski definition) is 5. The number of hydrogen-bond donors (Lipinski definition) is 4. The van der Waals surface area contributed by atoms with Gasteiger partial charge in [-0.05, 0) is 18.2 Å². The van der Waals surface area contributed by atoms with Gasteiger partial charge in [-0.15, -0.1) is 37.0 Å². The predicted molar refractivity (Wildman–Crippen MR) is 89.6 cm³/mol.